The normalized spacial score (nSPS) is 21.5. The highest BCUT2D eigenvalue weighted by atomic mass is 32.1. The number of esters is 1. The fraction of sp³-hybridized carbons (Fsp3) is 0.292. The zero-order valence-corrected chi connectivity index (χ0v) is 17.2. The first-order chi connectivity index (χ1) is 14.1. The minimum atomic E-state index is -0.580. The Morgan fingerprint density at radius 2 is 1.90 bits per heavy atom. The lowest BCUT2D eigenvalue weighted by molar-refractivity contribution is 0.00433. The Kier molecular flexibility index (Phi) is 5.58. The van der Waals surface area contributed by atoms with Crippen molar-refractivity contribution in [2.75, 3.05) is 7.05 Å². The van der Waals surface area contributed by atoms with E-state index in [-0.39, 0.29) is 12.1 Å². The van der Waals surface area contributed by atoms with E-state index < -0.39 is 5.41 Å². The van der Waals surface area contributed by atoms with E-state index in [9.17, 15) is 4.79 Å². The molecule has 5 heteroatoms. The van der Waals surface area contributed by atoms with Crippen molar-refractivity contribution in [2.24, 2.45) is 0 Å². The molecular formula is C24H24N2O2S. The molecular weight excluding hydrogens is 380 g/mol. The monoisotopic (exact) mass is 404 g/mol. The number of ether oxygens (including phenoxy) is 1. The molecule has 0 bridgehead atoms. The Morgan fingerprint density at radius 1 is 1.14 bits per heavy atom. The molecule has 1 heterocycles. The Balaban J connectivity index is 1.77. The molecule has 148 valence electrons. The fourth-order valence-electron chi connectivity index (χ4n) is 4.33. The summed E-state index contributed by atoms with van der Waals surface area (Å²) < 4.78 is 6.09. The van der Waals surface area contributed by atoms with Crippen molar-refractivity contribution in [2.45, 2.75) is 37.2 Å². The van der Waals surface area contributed by atoms with Crippen molar-refractivity contribution in [3.63, 3.8) is 0 Å². The van der Waals surface area contributed by atoms with E-state index in [2.05, 4.69) is 22.4 Å². The highest BCUT2D eigenvalue weighted by Crippen LogP contribution is 2.43. The number of likely N-dealkylation sites (N-methyl/N-ethyl adjacent to an activating group) is 1. The van der Waals surface area contributed by atoms with Gasteiger partial charge in [-0.3, -0.25) is 4.98 Å². The number of aromatic nitrogens is 1. The molecule has 4 nitrogen and oxygen atoms in total. The Hall–Kier alpha value is -2.79. The van der Waals surface area contributed by atoms with Crippen molar-refractivity contribution >= 4 is 34.1 Å². The second kappa shape index (κ2) is 8.29. The number of fused-ring (bicyclic) bond motifs is 1. The maximum absolute atomic E-state index is 12.9. The number of carbonyl (C=O) groups is 1. The summed E-state index contributed by atoms with van der Waals surface area (Å²) in [7, 11) is 1.84. The topological polar surface area (TPSA) is 51.2 Å². The van der Waals surface area contributed by atoms with E-state index in [1.54, 1.807) is 12.1 Å². The quantitative estimate of drug-likeness (QED) is 0.499. The summed E-state index contributed by atoms with van der Waals surface area (Å²) in [5.74, 6) is -0.311. The van der Waals surface area contributed by atoms with Crippen molar-refractivity contribution in [3.8, 4) is 0 Å². The van der Waals surface area contributed by atoms with Gasteiger partial charge in [0.1, 0.15) is 6.10 Å². The SMILES string of the molecule is CNC(=S)C1(c2cnc3ccccc3c2)CCCCC1OC(=O)c1ccccc1. The van der Waals surface area contributed by atoms with E-state index in [4.69, 9.17) is 17.0 Å². The van der Waals surface area contributed by atoms with Gasteiger partial charge in [0, 0.05) is 18.6 Å². The van der Waals surface area contributed by atoms with Crippen molar-refractivity contribution in [3.05, 3.63) is 78.0 Å². The molecule has 29 heavy (non-hydrogen) atoms. The molecule has 1 saturated carbocycles. The van der Waals surface area contributed by atoms with Gasteiger partial charge in [0.2, 0.25) is 0 Å². The van der Waals surface area contributed by atoms with Crippen LogP contribution in [0.3, 0.4) is 0 Å². The molecule has 2 atom stereocenters. The Morgan fingerprint density at radius 3 is 2.69 bits per heavy atom. The minimum Gasteiger partial charge on any atom is -0.457 e. The van der Waals surface area contributed by atoms with Gasteiger partial charge in [0.05, 0.1) is 21.5 Å². The molecule has 1 N–H and O–H groups in total. The summed E-state index contributed by atoms with van der Waals surface area (Å²) in [4.78, 5) is 18.2. The molecule has 0 saturated heterocycles. The number of rotatable bonds is 4. The summed E-state index contributed by atoms with van der Waals surface area (Å²) in [5.41, 5.74) is 1.92. The average molecular weight is 405 g/mol. The van der Waals surface area contributed by atoms with E-state index in [1.807, 2.05) is 49.6 Å². The largest absolute Gasteiger partial charge is 0.457 e. The van der Waals surface area contributed by atoms with Gasteiger partial charge in [0.25, 0.3) is 0 Å². The van der Waals surface area contributed by atoms with Crippen LogP contribution in [-0.4, -0.2) is 29.1 Å². The second-order valence-corrected chi connectivity index (χ2v) is 7.88. The van der Waals surface area contributed by atoms with Crippen molar-refractivity contribution in [1.29, 1.82) is 0 Å². The van der Waals surface area contributed by atoms with Crippen LogP contribution in [0, 0.1) is 0 Å². The van der Waals surface area contributed by atoms with Gasteiger partial charge < -0.3 is 10.1 Å². The molecule has 0 amide bonds. The van der Waals surface area contributed by atoms with Gasteiger partial charge in [-0.1, -0.05) is 55.0 Å². The predicted octanol–water partition coefficient (Wildman–Crippen LogP) is 4.82. The maximum Gasteiger partial charge on any atom is 0.338 e. The lowest BCUT2D eigenvalue weighted by Crippen LogP contribution is -2.53. The van der Waals surface area contributed by atoms with Crippen LogP contribution in [0.1, 0.15) is 41.6 Å². The predicted molar refractivity (Wildman–Crippen MR) is 119 cm³/mol. The number of nitrogens with one attached hydrogen (secondary N) is 1. The van der Waals surface area contributed by atoms with Crippen LogP contribution in [0.15, 0.2) is 66.9 Å². The molecule has 1 fully saturated rings. The van der Waals surface area contributed by atoms with Crippen LogP contribution in [0.5, 0.6) is 0 Å². The number of carbonyl (C=O) groups excluding carboxylic acids is 1. The summed E-state index contributed by atoms with van der Waals surface area (Å²) in [6, 6.07) is 19.3. The number of thiocarbonyl (C=S) groups is 1. The van der Waals surface area contributed by atoms with Gasteiger partial charge in [0.15, 0.2) is 0 Å². The highest BCUT2D eigenvalue weighted by Gasteiger charge is 2.48. The van der Waals surface area contributed by atoms with Crippen LogP contribution < -0.4 is 5.32 Å². The summed E-state index contributed by atoms with van der Waals surface area (Å²) >= 11 is 5.81. The van der Waals surface area contributed by atoms with Gasteiger partial charge in [-0.25, -0.2) is 4.79 Å². The average Bonchev–Trinajstić information content (AvgIpc) is 2.79. The van der Waals surface area contributed by atoms with E-state index >= 15 is 0 Å². The van der Waals surface area contributed by atoms with Crippen molar-refractivity contribution in [1.82, 2.24) is 10.3 Å². The lowest BCUT2D eigenvalue weighted by Gasteiger charge is -2.44. The van der Waals surface area contributed by atoms with E-state index in [1.165, 1.54) is 0 Å². The van der Waals surface area contributed by atoms with Crippen LogP contribution in [0.4, 0.5) is 0 Å². The molecule has 2 aromatic carbocycles. The number of hydrogen-bond acceptors (Lipinski definition) is 4. The number of hydrogen-bond donors (Lipinski definition) is 1. The fourth-order valence-corrected chi connectivity index (χ4v) is 4.68. The van der Waals surface area contributed by atoms with Crippen LogP contribution >= 0.6 is 12.2 Å². The first-order valence-electron chi connectivity index (χ1n) is 9.98. The molecule has 0 radical (unpaired) electrons. The molecule has 0 spiro atoms. The van der Waals surface area contributed by atoms with E-state index in [0.29, 0.717) is 10.6 Å². The number of para-hydroxylation sites is 1. The van der Waals surface area contributed by atoms with Crippen LogP contribution in [-0.2, 0) is 10.2 Å². The van der Waals surface area contributed by atoms with Crippen LogP contribution in [0.2, 0.25) is 0 Å². The van der Waals surface area contributed by atoms with Gasteiger partial charge in [-0.05, 0) is 49.1 Å². The second-order valence-electron chi connectivity index (χ2n) is 7.47. The molecule has 1 aliphatic carbocycles. The van der Waals surface area contributed by atoms with Gasteiger partial charge in [-0.2, -0.15) is 0 Å². The molecule has 3 aromatic rings. The smallest absolute Gasteiger partial charge is 0.338 e. The van der Waals surface area contributed by atoms with Crippen molar-refractivity contribution < 1.29 is 9.53 Å². The summed E-state index contributed by atoms with van der Waals surface area (Å²) in [5, 5.41) is 4.23. The highest BCUT2D eigenvalue weighted by molar-refractivity contribution is 7.80. The zero-order valence-electron chi connectivity index (χ0n) is 16.4. The Bertz CT molecular complexity index is 1040. The number of nitrogens with zero attached hydrogens (tertiary/aromatic N) is 1. The lowest BCUT2D eigenvalue weighted by atomic mass is 9.67. The molecule has 0 aliphatic heterocycles. The zero-order chi connectivity index (χ0) is 20.3. The molecule has 4 rings (SSSR count). The van der Waals surface area contributed by atoms with Crippen LogP contribution in [0.25, 0.3) is 10.9 Å². The first kappa shape index (κ1) is 19.5. The Labute approximate surface area is 176 Å². The standard InChI is InChI=1S/C24H24N2O2S/c1-25-23(29)24(19-15-18-11-5-6-12-20(18)26-16-19)14-8-7-13-21(24)28-22(27)17-9-3-2-4-10-17/h2-6,9-12,15-16,21H,7-8,13-14H2,1H3,(H,25,29). The minimum absolute atomic E-state index is 0.311. The molecule has 2 unspecified atom stereocenters. The number of benzene rings is 2. The summed E-state index contributed by atoms with van der Waals surface area (Å²) in [6.07, 6.45) is 5.16. The third-order valence-electron chi connectivity index (χ3n) is 5.83. The third-order valence-corrected chi connectivity index (χ3v) is 6.40. The summed E-state index contributed by atoms with van der Waals surface area (Å²) in [6.45, 7) is 0. The van der Waals surface area contributed by atoms with Gasteiger partial charge >= 0.3 is 5.97 Å². The van der Waals surface area contributed by atoms with E-state index in [0.717, 1.165) is 42.1 Å². The maximum atomic E-state index is 12.9. The number of pyridine rings is 1. The molecule has 1 aromatic heterocycles. The first-order valence-corrected chi connectivity index (χ1v) is 10.4. The molecule has 1 aliphatic rings. The van der Waals surface area contributed by atoms with Gasteiger partial charge in [-0.15, -0.1) is 0 Å². The third kappa shape index (κ3) is 3.62.